The van der Waals surface area contributed by atoms with Crippen molar-refractivity contribution in [3.05, 3.63) is 95.8 Å². The molecule has 4 aromatic rings. The number of para-hydroxylation sites is 2. The Bertz CT molecular complexity index is 1130. The molecule has 158 valence electrons. The van der Waals surface area contributed by atoms with Crippen LogP contribution in [0.5, 0.6) is 0 Å². The van der Waals surface area contributed by atoms with Gasteiger partial charge < -0.3 is 9.47 Å². The molecule has 1 fully saturated rings. The molecule has 0 spiro atoms. The topological polar surface area (TPSA) is 24.3 Å². The lowest BCUT2D eigenvalue weighted by atomic mass is 10.1. The van der Waals surface area contributed by atoms with Gasteiger partial charge in [0.1, 0.15) is 5.82 Å². The second-order valence-corrected chi connectivity index (χ2v) is 8.18. The van der Waals surface area contributed by atoms with E-state index in [1.807, 2.05) is 18.2 Å². The number of rotatable bonds is 6. The molecule has 0 amide bonds. The summed E-state index contributed by atoms with van der Waals surface area (Å²) < 4.78 is 15.6. The molecule has 0 bridgehead atoms. The molecule has 1 aliphatic heterocycles. The van der Waals surface area contributed by atoms with E-state index in [1.165, 1.54) is 17.7 Å². The Kier molecular flexibility index (Phi) is 5.67. The number of fused-ring (bicyclic) bond motifs is 1. The summed E-state index contributed by atoms with van der Waals surface area (Å²) >= 11 is 0. The van der Waals surface area contributed by atoms with Gasteiger partial charge in [-0.1, -0.05) is 54.6 Å². The van der Waals surface area contributed by atoms with Crippen LogP contribution < -0.4 is 4.90 Å². The van der Waals surface area contributed by atoms with E-state index in [2.05, 4.69) is 62.9 Å². The molecule has 5 rings (SSSR count). The highest BCUT2D eigenvalue weighted by Gasteiger charge is 2.22. The maximum absolute atomic E-state index is 13.4. The molecule has 31 heavy (non-hydrogen) atoms. The first-order valence-corrected chi connectivity index (χ1v) is 11.0. The Hall–Kier alpha value is -3.18. The number of anilines is 1. The Morgan fingerprint density at radius 2 is 1.45 bits per heavy atom. The third-order valence-electron chi connectivity index (χ3n) is 6.10. The summed E-state index contributed by atoms with van der Waals surface area (Å²) in [5.74, 6) is 0.805. The Balaban J connectivity index is 1.31. The average molecular weight is 415 g/mol. The Morgan fingerprint density at radius 1 is 0.742 bits per heavy atom. The molecular formula is C26H27FN4. The van der Waals surface area contributed by atoms with Crippen molar-refractivity contribution in [2.45, 2.75) is 13.0 Å². The van der Waals surface area contributed by atoms with E-state index in [0.29, 0.717) is 6.54 Å². The second-order valence-electron chi connectivity index (χ2n) is 8.18. The maximum Gasteiger partial charge on any atom is 0.206 e. The van der Waals surface area contributed by atoms with Crippen LogP contribution in [0.15, 0.2) is 78.9 Å². The lowest BCUT2D eigenvalue weighted by Gasteiger charge is -2.35. The van der Waals surface area contributed by atoms with E-state index < -0.39 is 0 Å². The number of nitrogens with zero attached hydrogens (tertiary/aromatic N) is 4. The van der Waals surface area contributed by atoms with Gasteiger partial charge in [-0.05, 0) is 41.8 Å². The fraction of sp³-hybridized carbons (Fsp3) is 0.269. The molecule has 3 aromatic carbocycles. The molecule has 0 N–H and O–H groups in total. The van der Waals surface area contributed by atoms with Gasteiger partial charge in [0, 0.05) is 32.7 Å². The van der Waals surface area contributed by atoms with E-state index in [4.69, 9.17) is 4.98 Å². The zero-order chi connectivity index (χ0) is 21.0. The summed E-state index contributed by atoms with van der Waals surface area (Å²) in [6, 6.07) is 25.7. The van der Waals surface area contributed by atoms with Gasteiger partial charge in [0.25, 0.3) is 0 Å². The van der Waals surface area contributed by atoms with Crippen LogP contribution in [0, 0.1) is 5.82 Å². The zero-order valence-corrected chi connectivity index (χ0v) is 17.6. The lowest BCUT2D eigenvalue weighted by Crippen LogP contribution is -2.47. The maximum atomic E-state index is 13.4. The van der Waals surface area contributed by atoms with Crippen LogP contribution >= 0.6 is 0 Å². The second kappa shape index (κ2) is 8.90. The van der Waals surface area contributed by atoms with Crippen molar-refractivity contribution in [2.24, 2.45) is 0 Å². The summed E-state index contributed by atoms with van der Waals surface area (Å²) in [5.41, 5.74) is 4.60. The van der Waals surface area contributed by atoms with Gasteiger partial charge in [-0.15, -0.1) is 0 Å². The minimum atomic E-state index is -0.203. The number of piperazine rings is 1. The highest BCUT2D eigenvalue weighted by molar-refractivity contribution is 5.79. The van der Waals surface area contributed by atoms with Crippen molar-refractivity contribution in [1.82, 2.24) is 14.5 Å². The Morgan fingerprint density at radius 3 is 2.23 bits per heavy atom. The number of hydrogen-bond donors (Lipinski definition) is 0. The minimum absolute atomic E-state index is 0.203. The molecular weight excluding hydrogens is 387 g/mol. The molecule has 0 atom stereocenters. The highest BCUT2D eigenvalue weighted by atomic mass is 19.1. The van der Waals surface area contributed by atoms with Crippen molar-refractivity contribution < 1.29 is 4.39 Å². The van der Waals surface area contributed by atoms with Crippen molar-refractivity contribution in [3.63, 3.8) is 0 Å². The first-order valence-electron chi connectivity index (χ1n) is 11.0. The fourth-order valence-corrected chi connectivity index (χ4v) is 4.34. The molecule has 2 heterocycles. The quantitative estimate of drug-likeness (QED) is 0.461. The summed E-state index contributed by atoms with van der Waals surface area (Å²) in [4.78, 5) is 9.89. The largest absolute Gasteiger partial charge is 0.340 e. The predicted octanol–water partition coefficient (Wildman–Crippen LogP) is 4.59. The van der Waals surface area contributed by atoms with E-state index in [-0.39, 0.29) is 5.82 Å². The summed E-state index contributed by atoms with van der Waals surface area (Å²) in [6.07, 6.45) is 1.09. The third kappa shape index (κ3) is 4.47. The number of hydrogen-bond acceptors (Lipinski definition) is 3. The van der Waals surface area contributed by atoms with Crippen molar-refractivity contribution in [2.75, 3.05) is 37.6 Å². The molecule has 5 heteroatoms. The van der Waals surface area contributed by atoms with Gasteiger partial charge in [0.2, 0.25) is 5.95 Å². The zero-order valence-electron chi connectivity index (χ0n) is 17.6. The number of imidazole rings is 1. The first-order chi connectivity index (χ1) is 15.3. The van der Waals surface area contributed by atoms with E-state index in [9.17, 15) is 4.39 Å². The average Bonchev–Trinajstić information content (AvgIpc) is 3.18. The Labute approximate surface area is 182 Å². The molecule has 1 saturated heterocycles. The predicted molar refractivity (Wildman–Crippen MR) is 124 cm³/mol. The lowest BCUT2D eigenvalue weighted by molar-refractivity contribution is 0.259. The van der Waals surface area contributed by atoms with Crippen LogP contribution in [0.3, 0.4) is 0 Å². The molecule has 0 radical (unpaired) electrons. The normalized spacial score (nSPS) is 14.9. The van der Waals surface area contributed by atoms with Crippen LogP contribution in [0.1, 0.15) is 11.1 Å². The molecule has 1 aliphatic rings. The fourth-order valence-electron chi connectivity index (χ4n) is 4.34. The van der Waals surface area contributed by atoms with E-state index in [0.717, 1.165) is 61.7 Å². The van der Waals surface area contributed by atoms with Gasteiger partial charge in [0.05, 0.1) is 17.6 Å². The van der Waals surface area contributed by atoms with Crippen LogP contribution in [0.2, 0.25) is 0 Å². The summed E-state index contributed by atoms with van der Waals surface area (Å²) in [6.45, 7) is 5.76. The molecule has 1 aromatic heterocycles. The van der Waals surface area contributed by atoms with Crippen molar-refractivity contribution in [3.8, 4) is 0 Å². The smallest absolute Gasteiger partial charge is 0.206 e. The van der Waals surface area contributed by atoms with Gasteiger partial charge in [0.15, 0.2) is 0 Å². The van der Waals surface area contributed by atoms with Crippen LogP contribution in [-0.4, -0.2) is 47.2 Å². The molecule has 4 nitrogen and oxygen atoms in total. The van der Waals surface area contributed by atoms with Gasteiger partial charge in [-0.25, -0.2) is 9.37 Å². The molecule has 0 aliphatic carbocycles. The summed E-state index contributed by atoms with van der Waals surface area (Å²) in [7, 11) is 0. The van der Waals surface area contributed by atoms with Crippen LogP contribution in [0.4, 0.5) is 10.3 Å². The first kappa shape index (κ1) is 19.8. The minimum Gasteiger partial charge on any atom is -0.340 e. The standard InChI is InChI=1S/C26H27FN4/c27-23-12-10-22(11-13-23)20-31-25-9-5-4-8-24(25)28-26(31)30-18-16-29(17-19-30)15-14-21-6-2-1-3-7-21/h1-13H,14-20H2. The van der Waals surface area contributed by atoms with E-state index >= 15 is 0 Å². The molecule has 0 unspecified atom stereocenters. The van der Waals surface area contributed by atoms with E-state index in [1.54, 1.807) is 0 Å². The monoisotopic (exact) mass is 414 g/mol. The SMILES string of the molecule is Fc1ccc(Cn2c(N3CCN(CCc4ccccc4)CC3)nc3ccccc32)cc1. The van der Waals surface area contributed by atoms with Gasteiger partial charge >= 0.3 is 0 Å². The van der Waals surface area contributed by atoms with Crippen molar-refractivity contribution >= 4 is 17.0 Å². The number of benzene rings is 3. The van der Waals surface area contributed by atoms with Crippen molar-refractivity contribution in [1.29, 1.82) is 0 Å². The van der Waals surface area contributed by atoms with Crippen LogP contribution in [-0.2, 0) is 13.0 Å². The highest BCUT2D eigenvalue weighted by Crippen LogP contribution is 2.25. The van der Waals surface area contributed by atoms with Gasteiger partial charge in [-0.2, -0.15) is 0 Å². The number of aromatic nitrogens is 2. The van der Waals surface area contributed by atoms with Crippen LogP contribution in [0.25, 0.3) is 11.0 Å². The number of halogens is 1. The third-order valence-corrected chi connectivity index (χ3v) is 6.10. The van der Waals surface area contributed by atoms with Gasteiger partial charge in [-0.3, -0.25) is 4.90 Å². The molecule has 0 saturated carbocycles. The summed E-state index contributed by atoms with van der Waals surface area (Å²) in [5, 5.41) is 0.